The highest BCUT2D eigenvalue weighted by Gasteiger charge is 2.27. The number of hydrogen-bond donors (Lipinski definition) is 2. The van der Waals surface area contributed by atoms with Gasteiger partial charge in [0.05, 0.1) is 25.3 Å². The summed E-state index contributed by atoms with van der Waals surface area (Å²) >= 11 is 2.91. The van der Waals surface area contributed by atoms with Gasteiger partial charge in [-0.15, -0.1) is 22.7 Å². The predicted octanol–water partition coefficient (Wildman–Crippen LogP) is 5.67. The van der Waals surface area contributed by atoms with Crippen molar-refractivity contribution in [3.8, 4) is 0 Å². The molecule has 0 atom stereocenters. The first-order valence-electron chi connectivity index (χ1n) is 13.0. The molecule has 200 valence electrons. The van der Waals surface area contributed by atoms with E-state index < -0.39 is 11.9 Å². The Balaban J connectivity index is 1.35. The largest absolute Gasteiger partial charge is 0.465 e. The van der Waals surface area contributed by atoms with Crippen molar-refractivity contribution in [1.29, 1.82) is 0 Å². The summed E-state index contributed by atoms with van der Waals surface area (Å²) < 4.78 is 9.99. The van der Waals surface area contributed by atoms with Crippen LogP contribution in [0.2, 0.25) is 0 Å². The van der Waals surface area contributed by atoms with Crippen molar-refractivity contribution in [2.24, 2.45) is 0 Å². The molecule has 2 aliphatic rings. The number of hydrogen-bond acceptors (Lipinski definition) is 8. The number of ether oxygens (including phenoxy) is 2. The SMILES string of the molecule is COC(=O)c1c(NC(=O)CCCC(=O)Nc2sc3c(c2C(=O)OC)CCCCC3)sc2c1CCCCC2. The first-order chi connectivity index (χ1) is 17.9. The number of amides is 2. The molecule has 0 fully saturated rings. The van der Waals surface area contributed by atoms with E-state index >= 15 is 0 Å². The van der Waals surface area contributed by atoms with E-state index in [0.717, 1.165) is 85.1 Å². The third-order valence-corrected chi connectivity index (χ3v) is 9.35. The van der Waals surface area contributed by atoms with Crippen LogP contribution in [-0.4, -0.2) is 38.0 Å². The summed E-state index contributed by atoms with van der Waals surface area (Å²) in [6.07, 6.45) is 10.5. The zero-order valence-corrected chi connectivity index (χ0v) is 23.1. The van der Waals surface area contributed by atoms with Gasteiger partial charge >= 0.3 is 11.9 Å². The second kappa shape index (κ2) is 12.7. The maximum atomic E-state index is 12.7. The van der Waals surface area contributed by atoms with Crippen molar-refractivity contribution in [3.05, 3.63) is 32.0 Å². The quantitative estimate of drug-likeness (QED) is 0.326. The Kier molecular flexibility index (Phi) is 9.37. The minimum atomic E-state index is -0.426. The van der Waals surface area contributed by atoms with E-state index in [2.05, 4.69) is 10.6 Å². The molecule has 2 amide bonds. The molecule has 0 saturated carbocycles. The Morgan fingerprint density at radius 2 is 1.05 bits per heavy atom. The maximum Gasteiger partial charge on any atom is 0.341 e. The number of anilines is 2. The standard InChI is InChI=1S/C27H34N2O6S2/c1-34-26(32)22-16-10-5-3-7-12-18(16)36-24(22)28-20(30)14-9-15-21(31)29-25-23(27(33)35-2)17-11-6-4-8-13-19(17)37-25/h3-15H2,1-2H3,(H,28,30)(H,29,31). The summed E-state index contributed by atoms with van der Waals surface area (Å²) in [4.78, 5) is 52.6. The summed E-state index contributed by atoms with van der Waals surface area (Å²) in [5.74, 6) is -1.34. The van der Waals surface area contributed by atoms with Crippen LogP contribution >= 0.6 is 22.7 Å². The van der Waals surface area contributed by atoms with Gasteiger partial charge in [0, 0.05) is 22.6 Å². The molecule has 2 aromatic rings. The Hall–Kier alpha value is -2.72. The molecule has 37 heavy (non-hydrogen) atoms. The lowest BCUT2D eigenvalue weighted by atomic mass is 10.1. The second-order valence-corrected chi connectivity index (χ2v) is 11.7. The summed E-state index contributed by atoms with van der Waals surface area (Å²) in [6, 6.07) is 0. The van der Waals surface area contributed by atoms with Crippen molar-refractivity contribution >= 4 is 56.4 Å². The first kappa shape index (κ1) is 27.3. The lowest BCUT2D eigenvalue weighted by Crippen LogP contribution is -2.17. The monoisotopic (exact) mass is 546 g/mol. The van der Waals surface area contributed by atoms with Crippen LogP contribution in [0.3, 0.4) is 0 Å². The van der Waals surface area contributed by atoms with Gasteiger partial charge in [0.25, 0.3) is 0 Å². The van der Waals surface area contributed by atoms with Gasteiger partial charge in [-0.3, -0.25) is 9.59 Å². The van der Waals surface area contributed by atoms with E-state index in [1.54, 1.807) is 0 Å². The molecule has 4 rings (SSSR count). The van der Waals surface area contributed by atoms with Crippen LogP contribution < -0.4 is 10.6 Å². The van der Waals surface area contributed by atoms with E-state index in [1.165, 1.54) is 36.9 Å². The lowest BCUT2D eigenvalue weighted by molar-refractivity contribution is -0.117. The maximum absolute atomic E-state index is 12.7. The molecule has 2 heterocycles. The van der Waals surface area contributed by atoms with E-state index in [0.29, 0.717) is 27.5 Å². The second-order valence-electron chi connectivity index (χ2n) is 9.47. The highest BCUT2D eigenvalue weighted by Crippen LogP contribution is 2.39. The van der Waals surface area contributed by atoms with Crippen molar-refractivity contribution < 1.29 is 28.7 Å². The molecule has 2 aliphatic carbocycles. The Morgan fingerprint density at radius 3 is 1.46 bits per heavy atom. The van der Waals surface area contributed by atoms with Gasteiger partial charge in [0.15, 0.2) is 0 Å². The number of esters is 2. The third-order valence-electron chi connectivity index (χ3n) is 6.94. The van der Waals surface area contributed by atoms with Crippen molar-refractivity contribution in [2.45, 2.75) is 83.5 Å². The van der Waals surface area contributed by atoms with Crippen molar-refractivity contribution in [2.75, 3.05) is 24.9 Å². The van der Waals surface area contributed by atoms with Crippen LogP contribution in [0.1, 0.15) is 99.4 Å². The zero-order chi connectivity index (χ0) is 26.4. The smallest absolute Gasteiger partial charge is 0.341 e. The van der Waals surface area contributed by atoms with Gasteiger partial charge in [0.2, 0.25) is 11.8 Å². The highest BCUT2D eigenvalue weighted by atomic mass is 32.1. The fraction of sp³-hybridized carbons (Fsp3) is 0.556. The van der Waals surface area contributed by atoms with Crippen molar-refractivity contribution in [3.63, 3.8) is 0 Å². The van der Waals surface area contributed by atoms with E-state index in [4.69, 9.17) is 9.47 Å². The number of thiophene rings is 2. The molecule has 0 unspecified atom stereocenters. The minimum Gasteiger partial charge on any atom is -0.465 e. The minimum absolute atomic E-state index is 0.140. The zero-order valence-electron chi connectivity index (χ0n) is 21.5. The molecule has 0 aliphatic heterocycles. The van der Waals surface area contributed by atoms with Crippen LogP contribution in [0.15, 0.2) is 0 Å². The molecule has 0 bridgehead atoms. The van der Waals surface area contributed by atoms with Crippen LogP contribution in [-0.2, 0) is 44.7 Å². The number of aryl methyl sites for hydroxylation is 2. The number of nitrogens with one attached hydrogen (secondary N) is 2. The average Bonchev–Trinajstić information content (AvgIpc) is 3.16. The highest BCUT2D eigenvalue weighted by molar-refractivity contribution is 7.17. The Morgan fingerprint density at radius 1 is 0.649 bits per heavy atom. The fourth-order valence-electron chi connectivity index (χ4n) is 5.09. The molecular weight excluding hydrogens is 512 g/mol. The van der Waals surface area contributed by atoms with Crippen LogP contribution in [0.4, 0.5) is 10.0 Å². The van der Waals surface area contributed by atoms with E-state index in [9.17, 15) is 19.2 Å². The summed E-state index contributed by atoms with van der Waals surface area (Å²) in [5, 5.41) is 6.85. The summed E-state index contributed by atoms with van der Waals surface area (Å²) in [6.45, 7) is 0. The Bertz CT molecular complexity index is 1090. The number of rotatable bonds is 8. The predicted molar refractivity (Wildman–Crippen MR) is 145 cm³/mol. The van der Waals surface area contributed by atoms with Crippen LogP contribution in [0, 0.1) is 0 Å². The van der Waals surface area contributed by atoms with Gasteiger partial charge < -0.3 is 20.1 Å². The summed E-state index contributed by atoms with van der Waals surface area (Å²) in [7, 11) is 2.70. The molecule has 0 spiro atoms. The number of carbonyl (C=O) groups excluding carboxylic acids is 4. The molecule has 0 aromatic carbocycles. The third kappa shape index (κ3) is 6.41. The van der Waals surface area contributed by atoms with Crippen LogP contribution in [0.5, 0.6) is 0 Å². The molecule has 0 saturated heterocycles. The van der Waals surface area contributed by atoms with E-state index in [-0.39, 0.29) is 24.7 Å². The number of fused-ring (bicyclic) bond motifs is 2. The topological polar surface area (TPSA) is 111 Å². The lowest BCUT2D eigenvalue weighted by Gasteiger charge is -2.08. The van der Waals surface area contributed by atoms with Gasteiger partial charge in [-0.1, -0.05) is 12.8 Å². The molecule has 0 radical (unpaired) electrons. The van der Waals surface area contributed by atoms with E-state index in [1.807, 2.05) is 0 Å². The summed E-state index contributed by atoms with van der Waals surface area (Å²) in [5.41, 5.74) is 2.95. The first-order valence-corrected chi connectivity index (χ1v) is 14.6. The molecule has 2 aromatic heterocycles. The van der Waals surface area contributed by atoms with Gasteiger partial charge in [-0.05, 0) is 68.9 Å². The molecule has 10 heteroatoms. The number of carbonyl (C=O) groups is 4. The van der Waals surface area contributed by atoms with Gasteiger partial charge in [-0.2, -0.15) is 0 Å². The normalized spacial score (nSPS) is 15.0. The Labute approximate surface area is 225 Å². The van der Waals surface area contributed by atoms with Gasteiger partial charge in [0.1, 0.15) is 10.0 Å². The van der Waals surface area contributed by atoms with Gasteiger partial charge in [-0.25, -0.2) is 9.59 Å². The molecule has 8 nitrogen and oxygen atoms in total. The van der Waals surface area contributed by atoms with Crippen molar-refractivity contribution in [1.82, 2.24) is 0 Å². The van der Waals surface area contributed by atoms with Crippen LogP contribution in [0.25, 0.3) is 0 Å². The molecule has 2 N–H and O–H groups in total. The molecular formula is C27H34N2O6S2. The average molecular weight is 547 g/mol. The fourth-order valence-corrected chi connectivity index (χ4v) is 7.67. The number of methoxy groups -OCH3 is 2.